The maximum absolute atomic E-state index is 11.1. The van der Waals surface area contributed by atoms with Crippen molar-refractivity contribution in [3.05, 3.63) is 22.8 Å². The summed E-state index contributed by atoms with van der Waals surface area (Å²) in [6, 6.07) is 1.76. The lowest BCUT2D eigenvalue weighted by Crippen LogP contribution is -2.40. The van der Waals surface area contributed by atoms with Crippen molar-refractivity contribution in [2.75, 3.05) is 32.1 Å². The number of rotatable bonds is 6. The number of likely N-dealkylation sites (N-methyl/N-ethyl adjacent to an activating group) is 2. The van der Waals surface area contributed by atoms with E-state index in [1.54, 1.807) is 0 Å². The fourth-order valence-corrected chi connectivity index (χ4v) is 2.26. The third kappa shape index (κ3) is 4.08. The van der Waals surface area contributed by atoms with Crippen LogP contribution in [0.25, 0.3) is 0 Å². The van der Waals surface area contributed by atoms with Crippen LogP contribution in [0.3, 0.4) is 0 Å². The van der Waals surface area contributed by atoms with E-state index < -0.39 is 5.97 Å². The number of anilines is 1. The van der Waals surface area contributed by atoms with Crippen LogP contribution >= 0.6 is 11.6 Å². The summed E-state index contributed by atoms with van der Waals surface area (Å²) in [7, 11) is 4.00. The summed E-state index contributed by atoms with van der Waals surface area (Å²) in [5, 5.41) is 9.25. The van der Waals surface area contributed by atoms with Gasteiger partial charge >= 0.3 is 5.97 Å². The van der Waals surface area contributed by atoms with E-state index in [0.717, 1.165) is 13.1 Å². The van der Waals surface area contributed by atoms with Gasteiger partial charge in [-0.05, 0) is 34.0 Å². The molecule has 1 N–H and O–H groups in total. The average Bonchev–Trinajstić information content (AvgIpc) is 2.30. The van der Waals surface area contributed by atoms with Gasteiger partial charge in [0.05, 0.1) is 10.6 Å². The molecule has 1 atom stereocenters. The minimum absolute atomic E-state index is 0.0853. The Labute approximate surface area is 118 Å². The summed E-state index contributed by atoms with van der Waals surface area (Å²) in [5.41, 5.74) is 0.0853. The molecular formula is C13H20ClN3O2. The van der Waals surface area contributed by atoms with Crippen LogP contribution < -0.4 is 4.90 Å². The van der Waals surface area contributed by atoms with Crippen molar-refractivity contribution in [3.63, 3.8) is 0 Å². The third-order valence-electron chi connectivity index (χ3n) is 2.87. The molecular weight excluding hydrogens is 266 g/mol. The molecule has 0 aliphatic rings. The number of halogens is 1. The standard InChI is InChI=1S/C13H20ClN3O2/c1-5-17(9(2)8-16(3)4)12-6-10(13(18)19)11(14)7-15-12/h6-7,9H,5,8H2,1-4H3,(H,18,19). The Bertz CT molecular complexity index is 452. The molecule has 1 unspecified atom stereocenters. The lowest BCUT2D eigenvalue weighted by molar-refractivity contribution is 0.0697. The third-order valence-corrected chi connectivity index (χ3v) is 3.17. The highest BCUT2D eigenvalue weighted by Gasteiger charge is 2.18. The first-order chi connectivity index (χ1) is 8.86. The second-order valence-corrected chi connectivity index (χ2v) is 5.13. The van der Waals surface area contributed by atoms with Crippen molar-refractivity contribution in [2.45, 2.75) is 19.9 Å². The zero-order chi connectivity index (χ0) is 14.6. The highest BCUT2D eigenvalue weighted by molar-refractivity contribution is 6.33. The molecule has 19 heavy (non-hydrogen) atoms. The van der Waals surface area contributed by atoms with Gasteiger partial charge in [-0.25, -0.2) is 9.78 Å². The molecule has 1 rings (SSSR count). The molecule has 0 saturated carbocycles. The normalized spacial score (nSPS) is 12.5. The summed E-state index contributed by atoms with van der Waals surface area (Å²) in [6.45, 7) is 5.71. The van der Waals surface area contributed by atoms with Crippen molar-refractivity contribution >= 4 is 23.4 Å². The molecule has 0 radical (unpaired) electrons. The molecule has 106 valence electrons. The predicted octanol–water partition coefficient (Wildman–Crippen LogP) is 2.21. The molecule has 0 aliphatic heterocycles. The Kier molecular flexibility index (Phi) is 5.57. The molecule has 0 aromatic carbocycles. The molecule has 0 aliphatic carbocycles. The number of aromatic nitrogens is 1. The minimum Gasteiger partial charge on any atom is -0.478 e. The van der Waals surface area contributed by atoms with Crippen LogP contribution in [0.5, 0.6) is 0 Å². The summed E-state index contributed by atoms with van der Waals surface area (Å²) in [4.78, 5) is 19.5. The van der Waals surface area contributed by atoms with Gasteiger partial charge in [0.2, 0.25) is 0 Å². The van der Waals surface area contributed by atoms with E-state index in [-0.39, 0.29) is 16.6 Å². The van der Waals surface area contributed by atoms with Crippen molar-refractivity contribution in [2.24, 2.45) is 0 Å². The van der Waals surface area contributed by atoms with Gasteiger partial charge in [-0.2, -0.15) is 0 Å². The van der Waals surface area contributed by atoms with E-state index in [9.17, 15) is 4.79 Å². The van der Waals surface area contributed by atoms with E-state index in [1.807, 2.05) is 21.0 Å². The van der Waals surface area contributed by atoms with Gasteiger partial charge in [0.15, 0.2) is 0 Å². The van der Waals surface area contributed by atoms with Crippen molar-refractivity contribution in [1.82, 2.24) is 9.88 Å². The first-order valence-corrected chi connectivity index (χ1v) is 6.54. The summed E-state index contributed by atoms with van der Waals surface area (Å²) in [6.07, 6.45) is 1.39. The van der Waals surface area contributed by atoms with E-state index >= 15 is 0 Å². The second kappa shape index (κ2) is 6.73. The largest absolute Gasteiger partial charge is 0.478 e. The lowest BCUT2D eigenvalue weighted by Gasteiger charge is -2.31. The number of nitrogens with zero attached hydrogens (tertiary/aromatic N) is 3. The van der Waals surface area contributed by atoms with Gasteiger partial charge in [0.25, 0.3) is 0 Å². The Hall–Kier alpha value is -1.33. The Morgan fingerprint density at radius 3 is 2.63 bits per heavy atom. The number of hydrogen-bond donors (Lipinski definition) is 1. The zero-order valence-corrected chi connectivity index (χ0v) is 12.5. The fraction of sp³-hybridized carbons (Fsp3) is 0.538. The van der Waals surface area contributed by atoms with Crippen LogP contribution in [0.1, 0.15) is 24.2 Å². The average molecular weight is 286 g/mol. The summed E-state index contributed by atoms with van der Waals surface area (Å²) >= 11 is 5.83. The topological polar surface area (TPSA) is 56.7 Å². The molecule has 0 fully saturated rings. The quantitative estimate of drug-likeness (QED) is 0.868. The van der Waals surface area contributed by atoms with Gasteiger partial charge in [0.1, 0.15) is 5.82 Å². The number of pyridine rings is 1. The van der Waals surface area contributed by atoms with Crippen molar-refractivity contribution < 1.29 is 9.90 Å². The van der Waals surface area contributed by atoms with Gasteiger partial charge in [-0.15, -0.1) is 0 Å². The minimum atomic E-state index is -1.04. The van der Waals surface area contributed by atoms with Crippen LogP contribution in [0.4, 0.5) is 5.82 Å². The summed E-state index contributed by atoms with van der Waals surface area (Å²) < 4.78 is 0. The molecule has 1 aromatic rings. The van der Waals surface area contributed by atoms with Gasteiger partial charge in [-0.3, -0.25) is 0 Å². The predicted molar refractivity (Wildman–Crippen MR) is 77.2 cm³/mol. The molecule has 0 bridgehead atoms. The number of aromatic carboxylic acids is 1. The van der Waals surface area contributed by atoms with Gasteiger partial charge < -0.3 is 14.9 Å². The lowest BCUT2D eigenvalue weighted by atomic mass is 10.2. The first kappa shape index (κ1) is 15.7. The molecule has 6 heteroatoms. The van der Waals surface area contributed by atoms with Crippen LogP contribution in [-0.2, 0) is 0 Å². The van der Waals surface area contributed by atoms with E-state index in [4.69, 9.17) is 16.7 Å². The van der Waals surface area contributed by atoms with Crippen LogP contribution in [0, 0.1) is 0 Å². The Morgan fingerprint density at radius 2 is 2.16 bits per heavy atom. The Balaban J connectivity index is 3.05. The maximum atomic E-state index is 11.1. The fourth-order valence-electron chi connectivity index (χ4n) is 2.08. The molecule has 5 nitrogen and oxygen atoms in total. The second-order valence-electron chi connectivity index (χ2n) is 4.72. The number of carboxylic acids is 1. The SMILES string of the molecule is CCN(c1cc(C(=O)O)c(Cl)cn1)C(C)CN(C)C. The van der Waals surface area contributed by atoms with E-state index in [1.165, 1.54) is 12.3 Å². The maximum Gasteiger partial charge on any atom is 0.337 e. The number of hydrogen-bond acceptors (Lipinski definition) is 4. The Morgan fingerprint density at radius 1 is 1.53 bits per heavy atom. The highest BCUT2D eigenvalue weighted by Crippen LogP contribution is 2.22. The monoisotopic (exact) mass is 285 g/mol. The van der Waals surface area contributed by atoms with E-state index in [0.29, 0.717) is 5.82 Å². The molecule has 1 aromatic heterocycles. The molecule has 0 saturated heterocycles. The first-order valence-electron chi connectivity index (χ1n) is 6.17. The molecule has 0 spiro atoms. The van der Waals surface area contributed by atoms with Crippen LogP contribution in [0.2, 0.25) is 5.02 Å². The number of carbonyl (C=O) groups is 1. The highest BCUT2D eigenvalue weighted by atomic mass is 35.5. The van der Waals surface area contributed by atoms with Gasteiger partial charge in [-0.1, -0.05) is 11.6 Å². The van der Waals surface area contributed by atoms with E-state index in [2.05, 4.69) is 21.7 Å². The van der Waals surface area contributed by atoms with Gasteiger partial charge in [0, 0.05) is 25.3 Å². The number of carboxylic acid groups (broad SMARTS) is 1. The van der Waals surface area contributed by atoms with Crippen LogP contribution in [-0.4, -0.2) is 54.2 Å². The smallest absolute Gasteiger partial charge is 0.337 e. The van der Waals surface area contributed by atoms with Crippen LogP contribution in [0.15, 0.2) is 12.3 Å². The molecule has 1 heterocycles. The van der Waals surface area contributed by atoms with Crippen molar-refractivity contribution in [1.29, 1.82) is 0 Å². The molecule has 0 amide bonds. The zero-order valence-electron chi connectivity index (χ0n) is 11.7. The van der Waals surface area contributed by atoms with Crippen molar-refractivity contribution in [3.8, 4) is 0 Å². The summed E-state index contributed by atoms with van der Waals surface area (Å²) in [5.74, 6) is -0.399.